The fourth-order valence-corrected chi connectivity index (χ4v) is 4.00. The highest BCUT2D eigenvalue weighted by Crippen LogP contribution is 2.15. The molecule has 0 aliphatic carbocycles. The van der Waals surface area contributed by atoms with Gasteiger partial charge in [0.1, 0.15) is 9.84 Å². The summed E-state index contributed by atoms with van der Waals surface area (Å²) >= 11 is 1.75. The molecule has 0 unspecified atom stereocenters. The number of hydrogen-bond donors (Lipinski definition) is 2. The van der Waals surface area contributed by atoms with Gasteiger partial charge in [0.15, 0.2) is 5.96 Å². The predicted molar refractivity (Wildman–Crippen MR) is 112 cm³/mol. The summed E-state index contributed by atoms with van der Waals surface area (Å²) in [7, 11) is -2.97. The van der Waals surface area contributed by atoms with Gasteiger partial charge in [0.05, 0.1) is 25.5 Å². The van der Waals surface area contributed by atoms with Gasteiger partial charge >= 0.3 is 0 Å². The number of likely N-dealkylation sites (tertiary alicyclic amines) is 1. The summed E-state index contributed by atoms with van der Waals surface area (Å²) in [6.07, 6.45) is 3.41. The molecule has 0 aromatic carbocycles. The van der Waals surface area contributed by atoms with Crippen molar-refractivity contribution in [1.82, 2.24) is 15.5 Å². The van der Waals surface area contributed by atoms with Crippen molar-refractivity contribution in [3.63, 3.8) is 0 Å². The van der Waals surface area contributed by atoms with E-state index in [9.17, 15) is 8.42 Å². The molecule has 154 valence electrons. The minimum Gasteiger partial charge on any atom is -0.378 e. The molecule has 7 nitrogen and oxygen atoms in total. The van der Waals surface area contributed by atoms with Crippen LogP contribution in [0.2, 0.25) is 0 Å². The smallest absolute Gasteiger partial charge is 0.191 e. The lowest BCUT2D eigenvalue weighted by atomic mass is 10.0. The quantitative estimate of drug-likeness (QED) is 0.340. The molecule has 0 spiro atoms. The Labute approximate surface area is 167 Å². The molecular weight excluding hydrogens is 384 g/mol. The first-order valence-corrected chi connectivity index (χ1v) is 12.5. The second-order valence-electron chi connectivity index (χ2n) is 6.83. The average Bonchev–Trinajstić information content (AvgIpc) is 3.12. The van der Waals surface area contributed by atoms with Crippen molar-refractivity contribution < 1.29 is 13.2 Å². The molecule has 1 saturated heterocycles. The van der Waals surface area contributed by atoms with Gasteiger partial charge in [0, 0.05) is 38.5 Å². The van der Waals surface area contributed by atoms with Gasteiger partial charge in [-0.2, -0.15) is 11.3 Å². The van der Waals surface area contributed by atoms with E-state index in [2.05, 4.69) is 37.4 Å². The maximum Gasteiger partial charge on any atom is 0.191 e. The highest BCUT2D eigenvalue weighted by atomic mass is 32.2. The summed E-state index contributed by atoms with van der Waals surface area (Å²) in [5, 5.41) is 11.1. The van der Waals surface area contributed by atoms with Crippen LogP contribution in [0.3, 0.4) is 0 Å². The third-order valence-electron chi connectivity index (χ3n) is 4.36. The molecule has 0 atom stereocenters. The number of nitrogens with one attached hydrogen (secondary N) is 2. The molecule has 2 heterocycles. The maximum absolute atomic E-state index is 11.1. The Morgan fingerprint density at radius 3 is 2.78 bits per heavy atom. The lowest BCUT2D eigenvalue weighted by Crippen LogP contribution is -2.48. The van der Waals surface area contributed by atoms with Gasteiger partial charge in [-0.3, -0.25) is 9.89 Å². The van der Waals surface area contributed by atoms with Crippen LogP contribution in [-0.4, -0.2) is 76.7 Å². The SMILES string of the molecule is CCNC(=NCCOCCS(C)(=O)=O)NC1CCN(Cc2ccsc2)CC1. The summed E-state index contributed by atoms with van der Waals surface area (Å²) in [5.41, 5.74) is 1.40. The third kappa shape index (κ3) is 9.55. The zero-order chi connectivity index (χ0) is 19.5. The van der Waals surface area contributed by atoms with Crippen molar-refractivity contribution in [3.05, 3.63) is 22.4 Å². The molecular formula is C18H32N4O3S2. The normalized spacial score (nSPS) is 17.2. The zero-order valence-electron chi connectivity index (χ0n) is 16.3. The van der Waals surface area contributed by atoms with Gasteiger partial charge in [0.25, 0.3) is 0 Å². The monoisotopic (exact) mass is 416 g/mol. The van der Waals surface area contributed by atoms with Gasteiger partial charge in [-0.1, -0.05) is 0 Å². The van der Waals surface area contributed by atoms with Crippen molar-refractivity contribution in [1.29, 1.82) is 0 Å². The van der Waals surface area contributed by atoms with Crippen molar-refractivity contribution in [3.8, 4) is 0 Å². The Hall–Kier alpha value is -1.16. The van der Waals surface area contributed by atoms with Crippen molar-refractivity contribution in [2.75, 3.05) is 51.4 Å². The van der Waals surface area contributed by atoms with Crippen LogP contribution in [0.4, 0.5) is 0 Å². The Morgan fingerprint density at radius 1 is 1.37 bits per heavy atom. The first-order valence-electron chi connectivity index (χ1n) is 9.50. The van der Waals surface area contributed by atoms with Crippen LogP contribution < -0.4 is 10.6 Å². The molecule has 1 fully saturated rings. The second kappa shape index (κ2) is 11.6. The summed E-state index contributed by atoms with van der Waals surface area (Å²) in [6, 6.07) is 2.62. The fourth-order valence-electron chi connectivity index (χ4n) is 2.92. The van der Waals surface area contributed by atoms with Gasteiger partial charge in [-0.15, -0.1) is 0 Å². The summed E-state index contributed by atoms with van der Waals surface area (Å²) in [5.74, 6) is 0.861. The van der Waals surface area contributed by atoms with E-state index >= 15 is 0 Å². The molecule has 0 saturated carbocycles. The molecule has 2 N–H and O–H groups in total. The standard InChI is InChI=1S/C18H32N4O3S2/c1-3-19-18(20-7-10-25-11-13-27(2,23)24)21-17-4-8-22(9-5-17)14-16-6-12-26-15-16/h6,12,15,17H,3-5,7-11,13-14H2,1-2H3,(H2,19,20,21). The van der Waals surface area contributed by atoms with Crippen LogP contribution in [0.5, 0.6) is 0 Å². The number of sulfone groups is 1. The fraction of sp³-hybridized carbons (Fsp3) is 0.722. The number of piperidine rings is 1. The Bertz CT molecular complexity index is 654. The van der Waals surface area contributed by atoms with Crippen molar-refractivity contribution >= 4 is 27.1 Å². The first kappa shape index (κ1) is 22.1. The maximum atomic E-state index is 11.1. The minimum atomic E-state index is -2.97. The molecule has 1 aliphatic rings. The van der Waals surface area contributed by atoms with Crippen LogP contribution >= 0.6 is 11.3 Å². The van der Waals surface area contributed by atoms with Gasteiger partial charge in [-0.05, 0) is 42.2 Å². The van der Waals surface area contributed by atoms with E-state index in [0.29, 0.717) is 19.2 Å². The Balaban J connectivity index is 1.67. The van der Waals surface area contributed by atoms with Crippen LogP contribution in [0.25, 0.3) is 0 Å². The number of ether oxygens (including phenoxy) is 1. The number of guanidine groups is 1. The van der Waals surface area contributed by atoms with E-state index in [1.54, 1.807) is 11.3 Å². The summed E-state index contributed by atoms with van der Waals surface area (Å²) < 4.78 is 27.5. The lowest BCUT2D eigenvalue weighted by Gasteiger charge is -2.33. The third-order valence-corrected chi connectivity index (χ3v) is 6.00. The first-order chi connectivity index (χ1) is 13.0. The molecule has 0 bridgehead atoms. The largest absolute Gasteiger partial charge is 0.378 e. The number of nitrogens with zero attached hydrogens (tertiary/aromatic N) is 2. The van der Waals surface area contributed by atoms with Crippen molar-refractivity contribution in [2.24, 2.45) is 4.99 Å². The van der Waals surface area contributed by atoms with E-state index in [-0.39, 0.29) is 12.4 Å². The Morgan fingerprint density at radius 2 is 2.15 bits per heavy atom. The molecule has 2 rings (SSSR count). The molecule has 1 aromatic rings. The van der Waals surface area contributed by atoms with E-state index < -0.39 is 9.84 Å². The average molecular weight is 417 g/mol. The lowest BCUT2D eigenvalue weighted by molar-refractivity contribution is 0.157. The van der Waals surface area contributed by atoms with E-state index in [1.165, 1.54) is 11.8 Å². The summed E-state index contributed by atoms with van der Waals surface area (Å²) in [6.45, 7) is 7.21. The molecule has 1 aromatic heterocycles. The molecule has 1 aliphatic heterocycles. The molecule has 9 heteroatoms. The molecule has 0 radical (unpaired) electrons. The van der Waals surface area contributed by atoms with Crippen LogP contribution in [-0.2, 0) is 21.1 Å². The summed E-state index contributed by atoms with van der Waals surface area (Å²) in [4.78, 5) is 7.03. The van der Waals surface area contributed by atoms with E-state index in [0.717, 1.165) is 45.0 Å². The van der Waals surface area contributed by atoms with E-state index in [1.807, 2.05) is 6.92 Å². The van der Waals surface area contributed by atoms with Gasteiger partial charge < -0.3 is 15.4 Å². The van der Waals surface area contributed by atoms with Gasteiger partial charge in [0.2, 0.25) is 0 Å². The molecule has 27 heavy (non-hydrogen) atoms. The van der Waals surface area contributed by atoms with Crippen LogP contribution in [0.1, 0.15) is 25.3 Å². The number of rotatable bonds is 10. The number of aliphatic imine (C=N–C) groups is 1. The number of hydrogen-bond acceptors (Lipinski definition) is 6. The predicted octanol–water partition coefficient (Wildman–Crippen LogP) is 1.33. The number of thiophene rings is 1. The zero-order valence-corrected chi connectivity index (χ0v) is 17.9. The second-order valence-corrected chi connectivity index (χ2v) is 9.87. The van der Waals surface area contributed by atoms with Crippen LogP contribution in [0.15, 0.2) is 21.8 Å². The van der Waals surface area contributed by atoms with E-state index in [4.69, 9.17) is 4.74 Å². The highest BCUT2D eigenvalue weighted by Gasteiger charge is 2.20. The minimum absolute atomic E-state index is 0.0546. The highest BCUT2D eigenvalue weighted by molar-refractivity contribution is 7.90. The molecule has 0 amide bonds. The van der Waals surface area contributed by atoms with Crippen LogP contribution in [0, 0.1) is 0 Å². The van der Waals surface area contributed by atoms with Gasteiger partial charge in [-0.25, -0.2) is 8.42 Å². The Kier molecular flexibility index (Phi) is 9.53. The topological polar surface area (TPSA) is 83.0 Å². The van der Waals surface area contributed by atoms with Crippen molar-refractivity contribution in [2.45, 2.75) is 32.4 Å².